The second-order valence-corrected chi connectivity index (χ2v) is 4.94. The highest BCUT2D eigenvalue weighted by Gasteiger charge is 2.17. The second-order valence-electron chi connectivity index (χ2n) is 4.94. The molecule has 1 aliphatic carbocycles. The molecule has 0 unspecified atom stereocenters. The van der Waals surface area contributed by atoms with E-state index < -0.39 is 0 Å². The monoisotopic (exact) mass is 260 g/mol. The lowest BCUT2D eigenvalue weighted by molar-refractivity contribution is 1.28. The lowest BCUT2D eigenvalue weighted by atomic mass is 9.89. The van der Waals surface area contributed by atoms with Gasteiger partial charge in [-0.05, 0) is 31.6 Å². The van der Waals surface area contributed by atoms with E-state index in [-0.39, 0.29) is 0 Å². The quantitative estimate of drug-likeness (QED) is 0.810. The summed E-state index contributed by atoms with van der Waals surface area (Å²) in [6.07, 6.45) is 7.81. The number of benzene rings is 1. The fraction of sp³-hybridized carbons (Fsp3) is 0.111. The Hall–Kier alpha value is -2.48. The number of nitrogens with one attached hydrogen (secondary N) is 1. The van der Waals surface area contributed by atoms with Gasteiger partial charge >= 0.3 is 0 Å². The minimum absolute atomic E-state index is 0.571. The molecule has 2 heteroatoms. The van der Waals surface area contributed by atoms with Gasteiger partial charge in [0.05, 0.1) is 11.4 Å². The maximum Gasteiger partial charge on any atom is 0.0781 e. The summed E-state index contributed by atoms with van der Waals surface area (Å²) in [7, 11) is 0. The molecule has 3 rings (SSSR count). The zero-order valence-corrected chi connectivity index (χ0v) is 11.6. The van der Waals surface area contributed by atoms with Crippen molar-refractivity contribution in [3.05, 3.63) is 70.9 Å². The van der Waals surface area contributed by atoms with Crippen molar-refractivity contribution < 1.29 is 0 Å². The number of nitrogens with zero attached hydrogens (tertiary/aromatic N) is 1. The summed E-state index contributed by atoms with van der Waals surface area (Å²) in [5, 5.41) is 8.28. The number of rotatable bonds is 1. The van der Waals surface area contributed by atoms with E-state index in [1.165, 1.54) is 5.56 Å². The molecule has 0 spiro atoms. The maximum absolute atomic E-state index is 8.28. The van der Waals surface area contributed by atoms with E-state index in [1.54, 1.807) is 6.20 Å². The molecule has 0 saturated carbocycles. The average molecular weight is 260 g/mol. The molecule has 0 bridgehead atoms. The molecule has 0 aliphatic heterocycles. The molecule has 1 heterocycles. The summed E-state index contributed by atoms with van der Waals surface area (Å²) in [6.45, 7) is 4.04. The lowest BCUT2D eigenvalue weighted by Crippen LogP contribution is -2.09. The summed E-state index contributed by atoms with van der Waals surface area (Å²) in [4.78, 5) is 4.52. The SMILES string of the molecule is C/C=C1/C=Cc2c(ccnc2-c2cccc(C)c2)C1=N. The number of aromatic nitrogens is 1. The van der Waals surface area contributed by atoms with Gasteiger partial charge in [-0.2, -0.15) is 0 Å². The van der Waals surface area contributed by atoms with Crippen LogP contribution in [0.4, 0.5) is 0 Å². The first-order chi connectivity index (χ1) is 9.70. The van der Waals surface area contributed by atoms with Crippen molar-refractivity contribution in [1.82, 2.24) is 4.98 Å². The maximum atomic E-state index is 8.28. The van der Waals surface area contributed by atoms with Gasteiger partial charge in [0.15, 0.2) is 0 Å². The summed E-state index contributed by atoms with van der Waals surface area (Å²) in [5.41, 5.74) is 6.78. The van der Waals surface area contributed by atoms with E-state index >= 15 is 0 Å². The molecular weight excluding hydrogens is 244 g/mol. The van der Waals surface area contributed by atoms with Crippen molar-refractivity contribution in [2.75, 3.05) is 0 Å². The van der Waals surface area contributed by atoms with Crippen LogP contribution in [-0.2, 0) is 0 Å². The number of allylic oxidation sites excluding steroid dienone is 3. The zero-order chi connectivity index (χ0) is 14.1. The van der Waals surface area contributed by atoms with Crippen molar-refractivity contribution in [2.24, 2.45) is 0 Å². The normalized spacial score (nSPS) is 15.5. The van der Waals surface area contributed by atoms with Crippen LogP contribution < -0.4 is 0 Å². The third kappa shape index (κ3) is 1.99. The van der Waals surface area contributed by atoms with E-state index in [2.05, 4.69) is 36.2 Å². The molecule has 20 heavy (non-hydrogen) atoms. The third-order valence-corrected chi connectivity index (χ3v) is 3.58. The first-order valence-corrected chi connectivity index (χ1v) is 6.70. The summed E-state index contributed by atoms with van der Waals surface area (Å²) < 4.78 is 0. The Labute approximate surface area is 119 Å². The van der Waals surface area contributed by atoms with Crippen molar-refractivity contribution in [3.8, 4) is 11.3 Å². The number of fused-ring (bicyclic) bond motifs is 1. The zero-order valence-electron chi connectivity index (χ0n) is 11.6. The molecule has 2 aromatic rings. The molecule has 0 amide bonds. The molecule has 0 radical (unpaired) electrons. The van der Waals surface area contributed by atoms with E-state index in [9.17, 15) is 0 Å². The Morgan fingerprint density at radius 2 is 2.00 bits per heavy atom. The van der Waals surface area contributed by atoms with E-state index in [0.717, 1.165) is 28.0 Å². The summed E-state index contributed by atoms with van der Waals surface area (Å²) in [5.74, 6) is 0. The van der Waals surface area contributed by atoms with Crippen molar-refractivity contribution in [3.63, 3.8) is 0 Å². The average Bonchev–Trinajstić information content (AvgIpc) is 2.47. The van der Waals surface area contributed by atoms with Crippen LogP contribution in [0.25, 0.3) is 17.3 Å². The Morgan fingerprint density at radius 1 is 1.15 bits per heavy atom. The van der Waals surface area contributed by atoms with Crippen LogP contribution in [0.3, 0.4) is 0 Å². The smallest absolute Gasteiger partial charge is 0.0781 e. The highest BCUT2D eigenvalue weighted by molar-refractivity contribution is 6.17. The van der Waals surface area contributed by atoms with Crippen molar-refractivity contribution >= 4 is 11.8 Å². The van der Waals surface area contributed by atoms with Gasteiger partial charge in [0.2, 0.25) is 0 Å². The van der Waals surface area contributed by atoms with Crippen LogP contribution in [0.1, 0.15) is 23.6 Å². The number of hydrogen-bond donors (Lipinski definition) is 1. The molecule has 1 aromatic carbocycles. The van der Waals surface area contributed by atoms with E-state index in [4.69, 9.17) is 5.41 Å². The van der Waals surface area contributed by atoms with E-state index in [0.29, 0.717) is 5.71 Å². The number of aryl methyl sites for hydroxylation is 1. The number of pyridine rings is 1. The lowest BCUT2D eigenvalue weighted by Gasteiger charge is -2.17. The minimum atomic E-state index is 0.571. The van der Waals surface area contributed by atoms with Gasteiger partial charge < -0.3 is 0 Å². The molecule has 98 valence electrons. The van der Waals surface area contributed by atoms with Crippen molar-refractivity contribution in [2.45, 2.75) is 13.8 Å². The Bertz CT molecular complexity index is 752. The van der Waals surface area contributed by atoms with Crippen LogP contribution in [-0.4, -0.2) is 10.7 Å². The predicted molar refractivity (Wildman–Crippen MR) is 84.0 cm³/mol. The Morgan fingerprint density at radius 3 is 2.75 bits per heavy atom. The summed E-state index contributed by atoms with van der Waals surface area (Å²) in [6, 6.07) is 10.2. The van der Waals surface area contributed by atoms with Crippen molar-refractivity contribution in [1.29, 1.82) is 5.41 Å². The molecule has 2 nitrogen and oxygen atoms in total. The molecular formula is C18H16N2. The minimum Gasteiger partial charge on any atom is -0.300 e. The number of hydrogen-bond acceptors (Lipinski definition) is 2. The molecule has 1 aromatic heterocycles. The molecule has 0 atom stereocenters. The van der Waals surface area contributed by atoms with Crippen LogP contribution in [0.2, 0.25) is 0 Å². The van der Waals surface area contributed by atoms with E-state index in [1.807, 2.05) is 31.2 Å². The van der Waals surface area contributed by atoms with Gasteiger partial charge in [-0.3, -0.25) is 10.4 Å². The topological polar surface area (TPSA) is 36.7 Å². The predicted octanol–water partition coefficient (Wildman–Crippen LogP) is 4.40. The van der Waals surface area contributed by atoms with Crippen LogP contribution in [0.5, 0.6) is 0 Å². The second kappa shape index (κ2) is 4.89. The van der Waals surface area contributed by atoms with Gasteiger partial charge in [0, 0.05) is 22.9 Å². The Kier molecular flexibility index (Phi) is 3.07. The largest absolute Gasteiger partial charge is 0.300 e. The molecule has 0 fully saturated rings. The van der Waals surface area contributed by atoms with Gasteiger partial charge in [0.1, 0.15) is 0 Å². The first kappa shape index (κ1) is 12.5. The first-order valence-electron chi connectivity index (χ1n) is 6.70. The Balaban J connectivity index is 2.22. The van der Waals surface area contributed by atoms with Gasteiger partial charge in [0.25, 0.3) is 0 Å². The fourth-order valence-electron chi connectivity index (χ4n) is 2.53. The molecule has 1 N–H and O–H groups in total. The van der Waals surface area contributed by atoms with Gasteiger partial charge in [-0.1, -0.05) is 42.0 Å². The standard InChI is InChI=1S/C18H16N2/c1-3-13-7-8-16-15(17(13)19)9-10-20-18(16)14-6-4-5-12(2)11-14/h3-11,19H,1-2H3/b13-3-,19-17?. The van der Waals surface area contributed by atoms with Crippen LogP contribution >= 0.6 is 0 Å². The van der Waals surface area contributed by atoms with Crippen LogP contribution in [0.15, 0.2) is 54.3 Å². The third-order valence-electron chi connectivity index (χ3n) is 3.58. The van der Waals surface area contributed by atoms with Gasteiger partial charge in [-0.25, -0.2) is 0 Å². The molecule has 1 aliphatic rings. The van der Waals surface area contributed by atoms with Gasteiger partial charge in [-0.15, -0.1) is 0 Å². The highest BCUT2D eigenvalue weighted by atomic mass is 14.7. The molecule has 0 saturated heterocycles. The summed E-state index contributed by atoms with van der Waals surface area (Å²) >= 11 is 0. The highest BCUT2D eigenvalue weighted by Crippen LogP contribution is 2.30. The van der Waals surface area contributed by atoms with Crippen LogP contribution in [0, 0.1) is 12.3 Å². The fourth-order valence-corrected chi connectivity index (χ4v) is 2.53.